The van der Waals surface area contributed by atoms with Crippen LogP contribution in [0.1, 0.15) is 28.2 Å². The fourth-order valence-electron chi connectivity index (χ4n) is 5.03. The van der Waals surface area contributed by atoms with Crippen LogP contribution >= 0.6 is 0 Å². The van der Waals surface area contributed by atoms with Gasteiger partial charge in [-0.05, 0) is 57.7 Å². The Labute approximate surface area is 244 Å². The van der Waals surface area contributed by atoms with Crippen LogP contribution in [0.2, 0.25) is 0 Å². The Kier molecular flexibility index (Phi) is 9.22. The lowest BCUT2D eigenvalue weighted by atomic mass is 9.82. The van der Waals surface area contributed by atoms with Crippen LogP contribution in [0.25, 0.3) is 17.7 Å². The Morgan fingerprint density at radius 3 is 1.80 bits per heavy atom. The van der Waals surface area contributed by atoms with Crippen molar-refractivity contribution in [3.8, 4) is 0 Å². The van der Waals surface area contributed by atoms with Gasteiger partial charge < -0.3 is 5.32 Å². The highest BCUT2D eigenvalue weighted by atomic mass is 14.9. The van der Waals surface area contributed by atoms with Gasteiger partial charge in [-0.1, -0.05) is 159 Å². The van der Waals surface area contributed by atoms with Crippen LogP contribution in [-0.4, -0.2) is 0 Å². The minimum atomic E-state index is 0.340. The predicted molar refractivity (Wildman–Crippen MR) is 179 cm³/mol. The molecule has 0 heterocycles. The van der Waals surface area contributed by atoms with Gasteiger partial charge in [0.25, 0.3) is 0 Å². The molecule has 5 rings (SSSR count). The van der Waals surface area contributed by atoms with Gasteiger partial charge in [0.1, 0.15) is 0 Å². The van der Waals surface area contributed by atoms with E-state index in [-0.39, 0.29) is 0 Å². The van der Waals surface area contributed by atoms with Crippen LogP contribution < -0.4 is 5.32 Å². The monoisotopic (exact) mass is 529 g/mol. The number of benzene rings is 4. The number of hydrogen-bond donors (Lipinski definition) is 1. The minimum absolute atomic E-state index is 0.340. The summed E-state index contributed by atoms with van der Waals surface area (Å²) in [7, 11) is 0. The van der Waals surface area contributed by atoms with Gasteiger partial charge in [0, 0.05) is 23.2 Å². The molecule has 200 valence electrons. The summed E-state index contributed by atoms with van der Waals surface area (Å²) in [5, 5.41) is 3.51. The van der Waals surface area contributed by atoms with Crippen molar-refractivity contribution in [2.24, 2.45) is 5.92 Å². The summed E-state index contributed by atoms with van der Waals surface area (Å²) in [6.45, 7) is 8.02. The molecule has 0 saturated heterocycles. The van der Waals surface area contributed by atoms with E-state index in [2.05, 4.69) is 158 Å². The first-order valence-corrected chi connectivity index (χ1v) is 14.0. The van der Waals surface area contributed by atoms with Gasteiger partial charge in [0.15, 0.2) is 0 Å². The molecule has 1 heteroatoms. The molecule has 0 amide bonds. The van der Waals surface area contributed by atoms with Gasteiger partial charge >= 0.3 is 0 Å². The van der Waals surface area contributed by atoms with E-state index < -0.39 is 0 Å². The van der Waals surface area contributed by atoms with E-state index >= 15 is 0 Å². The average Bonchev–Trinajstić information content (AvgIpc) is 3.04. The standard InChI is InChI=1S/C40H35N/c1-3-33(39(4-2)34-13-7-5-8-14-34)25-19-31-21-27-37(28-22-31)41-38-29-23-32(24-30-38)20-26-36-17-11-12-18-40(36)35-15-9-6-10-16-35/h3-30,36,40-41H,1-2H2/b25-19+,26-20+,39-33-. The van der Waals surface area contributed by atoms with E-state index in [1.807, 2.05) is 30.4 Å². The lowest BCUT2D eigenvalue weighted by Crippen LogP contribution is -2.08. The van der Waals surface area contributed by atoms with Crippen LogP contribution in [0.5, 0.6) is 0 Å². The van der Waals surface area contributed by atoms with Crippen molar-refractivity contribution in [2.75, 3.05) is 5.32 Å². The third kappa shape index (κ3) is 7.29. The summed E-state index contributed by atoms with van der Waals surface area (Å²) >= 11 is 0. The van der Waals surface area contributed by atoms with E-state index in [0.717, 1.165) is 33.6 Å². The maximum absolute atomic E-state index is 4.01. The van der Waals surface area contributed by atoms with Crippen molar-refractivity contribution < 1.29 is 0 Å². The fraction of sp³-hybridized carbons (Fsp3) is 0.0500. The zero-order valence-corrected chi connectivity index (χ0v) is 23.2. The quantitative estimate of drug-likeness (QED) is 0.201. The molecule has 0 spiro atoms. The molecule has 41 heavy (non-hydrogen) atoms. The topological polar surface area (TPSA) is 12.0 Å². The maximum Gasteiger partial charge on any atom is 0.0384 e. The van der Waals surface area contributed by atoms with Crippen LogP contribution in [0.3, 0.4) is 0 Å². The number of hydrogen-bond acceptors (Lipinski definition) is 1. The summed E-state index contributed by atoms with van der Waals surface area (Å²) in [5.74, 6) is 0.705. The van der Waals surface area contributed by atoms with Crippen LogP contribution in [-0.2, 0) is 0 Å². The molecule has 1 aliphatic rings. The van der Waals surface area contributed by atoms with Crippen molar-refractivity contribution in [1.29, 1.82) is 0 Å². The Balaban J connectivity index is 1.21. The Morgan fingerprint density at radius 1 is 0.610 bits per heavy atom. The van der Waals surface area contributed by atoms with Gasteiger partial charge in [-0.15, -0.1) is 0 Å². The summed E-state index contributed by atoms with van der Waals surface area (Å²) in [6, 6.07) is 38.0. The zero-order chi connectivity index (χ0) is 28.3. The van der Waals surface area contributed by atoms with Crippen molar-refractivity contribution >= 4 is 29.1 Å². The second-order valence-corrected chi connectivity index (χ2v) is 9.99. The molecule has 0 bridgehead atoms. The van der Waals surface area contributed by atoms with Gasteiger partial charge in [0.2, 0.25) is 0 Å². The van der Waals surface area contributed by atoms with E-state index in [4.69, 9.17) is 0 Å². The highest BCUT2D eigenvalue weighted by Gasteiger charge is 2.17. The Bertz CT molecular complexity index is 1600. The lowest BCUT2D eigenvalue weighted by molar-refractivity contribution is 0.702. The molecule has 4 aromatic rings. The summed E-state index contributed by atoms with van der Waals surface area (Å²) < 4.78 is 0. The summed E-state index contributed by atoms with van der Waals surface area (Å²) in [5.41, 5.74) is 8.98. The Hall–Kier alpha value is -5.14. The molecule has 2 unspecified atom stereocenters. The number of rotatable bonds is 10. The van der Waals surface area contributed by atoms with Crippen molar-refractivity contribution in [3.63, 3.8) is 0 Å². The average molecular weight is 530 g/mol. The largest absolute Gasteiger partial charge is 0.356 e. The van der Waals surface area contributed by atoms with Crippen LogP contribution in [0, 0.1) is 5.92 Å². The van der Waals surface area contributed by atoms with Crippen LogP contribution in [0.15, 0.2) is 177 Å². The molecule has 2 atom stereocenters. The molecule has 0 fully saturated rings. The molecule has 1 nitrogen and oxygen atoms in total. The molecule has 0 aromatic heterocycles. The van der Waals surface area contributed by atoms with E-state index in [1.54, 1.807) is 0 Å². The first kappa shape index (κ1) is 27.4. The van der Waals surface area contributed by atoms with Crippen molar-refractivity contribution in [1.82, 2.24) is 0 Å². The molecule has 0 radical (unpaired) electrons. The summed E-state index contributed by atoms with van der Waals surface area (Å²) in [4.78, 5) is 0. The normalized spacial score (nSPS) is 17.0. The molecular weight excluding hydrogens is 494 g/mol. The van der Waals surface area contributed by atoms with Gasteiger partial charge in [-0.3, -0.25) is 0 Å². The molecule has 0 saturated carbocycles. The zero-order valence-electron chi connectivity index (χ0n) is 23.2. The highest BCUT2D eigenvalue weighted by Crippen LogP contribution is 2.31. The van der Waals surface area contributed by atoms with Crippen molar-refractivity contribution in [3.05, 3.63) is 199 Å². The number of allylic oxidation sites excluding steroid dienone is 10. The van der Waals surface area contributed by atoms with Gasteiger partial charge in [0.05, 0.1) is 0 Å². The second-order valence-electron chi connectivity index (χ2n) is 9.99. The first-order valence-electron chi connectivity index (χ1n) is 14.0. The molecule has 0 aliphatic heterocycles. The first-order chi connectivity index (χ1) is 20.2. The molecule has 4 aromatic carbocycles. The SMILES string of the molecule is C=CC(/C=C/c1ccc(Nc2ccc(/C=C/C3C=CC=CC3c3ccccc3)cc2)cc1)=C(\C=C)c1ccccc1. The van der Waals surface area contributed by atoms with E-state index in [1.165, 1.54) is 11.1 Å². The van der Waals surface area contributed by atoms with E-state index in [9.17, 15) is 0 Å². The maximum atomic E-state index is 4.01. The fourth-order valence-corrected chi connectivity index (χ4v) is 5.03. The van der Waals surface area contributed by atoms with E-state index in [0.29, 0.717) is 11.8 Å². The third-order valence-electron chi connectivity index (χ3n) is 7.26. The minimum Gasteiger partial charge on any atom is -0.356 e. The third-order valence-corrected chi connectivity index (χ3v) is 7.26. The number of anilines is 2. The number of nitrogens with one attached hydrogen (secondary N) is 1. The molecule has 1 N–H and O–H groups in total. The Morgan fingerprint density at radius 2 is 1.20 bits per heavy atom. The van der Waals surface area contributed by atoms with Gasteiger partial charge in [-0.25, -0.2) is 0 Å². The smallest absolute Gasteiger partial charge is 0.0384 e. The second kappa shape index (κ2) is 13.8. The van der Waals surface area contributed by atoms with Crippen molar-refractivity contribution in [2.45, 2.75) is 5.92 Å². The van der Waals surface area contributed by atoms with Gasteiger partial charge in [-0.2, -0.15) is 0 Å². The molecule has 1 aliphatic carbocycles. The lowest BCUT2D eigenvalue weighted by Gasteiger charge is -2.21. The predicted octanol–water partition coefficient (Wildman–Crippen LogP) is 10.8. The highest BCUT2D eigenvalue weighted by molar-refractivity contribution is 5.81. The molecular formula is C40H35N. The van der Waals surface area contributed by atoms with Crippen LogP contribution in [0.4, 0.5) is 11.4 Å². The summed E-state index contributed by atoms with van der Waals surface area (Å²) in [6.07, 6.45) is 21.3.